The average molecular weight is 182 g/mol. The highest BCUT2D eigenvalue weighted by Crippen LogP contribution is 2.25. The highest BCUT2D eigenvalue weighted by atomic mass is 32.1. The van der Waals surface area contributed by atoms with Gasteiger partial charge >= 0.3 is 0 Å². The molecule has 0 amide bonds. The van der Waals surface area contributed by atoms with E-state index in [0.717, 1.165) is 10.2 Å². The van der Waals surface area contributed by atoms with Gasteiger partial charge in [-0.3, -0.25) is 0 Å². The summed E-state index contributed by atoms with van der Waals surface area (Å²) in [6, 6.07) is 3.18. The summed E-state index contributed by atoms with van der Waals surface area (Å²) in [4.78, 5) is 4.04. The maximum absolute atomic E-state index is 13.0. The molecule has 1 aromatic carbocycles. The zero-order valence-electron chi connectivity index (χ0n) is 6.47. The number of hydrogen-bond acceptors (Lipinski definition) is 3. The van der Waals surface area contributed by atoms with Crippen molar-refractivity contribution in [3.63, 3.8) is 0 Å². The predicted molar refractivity (Wildman–Crippen MR) is 48.7 cm³/mol. The van der Waals surface area contributed by atoms with Crippen molar-refractivity contribution in [2.75, 3.05) is 5.73 Å². The standard InChI is InChI=1S/C8H7FN2S/c1-4-2-6-7(3-5(4)9)12-8(10)11-6/h2-3H,1H3,(H2,10,11). The number of nitrogen functional groups attached to an aromatic ring is 1. The lowest BCUT2D eigenvalue weighted by molar-refractivity contribution is 0.620. The van der Waals surface area contributed by atoms with Crippen molar-refractivity contribution in [2.24, 2.45) is 0 Å². The molecule has 0 saturated carbocycles. The van der Waals surface area contributed by atoms with Gasteiger partial charge in [-0.25, -0.2) is 9.37 Å². The van der Waals surface area contributed by atoms with E-state index in [0.29, 0.717) is 10.7 Å². The van der Waals surface area contributed by atoms with E-state index in [1.807, 2.05) is 0 Å². The molecule has 0 unspecified atom stereocenters. The predicted octanol–water partition coefficient (Wildman–Crippen LogP) is 2.33. The fourth-order valence-electron chi connectivity index (χ4n) is 1.07. The summed E-state index contributed by atoms with van der Waals surface area (Å²) in [5, 5.41) is 0.481. The Hall–Kier alpha value is -1.16. The molecule has 1 aromatic heterocycles. The summed E-state index contributed by atoms with van der Waals surface area (Å²) >= 11 is 1.30. The molecule has 2 nitrogen and oxygen atoms in total. The summed E-state index contributed by atoms with van der Waals surface area (Å²) < 4.78 is 13.8. The molecule has 1 heterocycles. The third-order valence-electron chi connectivity index (χ3n) is 1.69. The van der Waals surface area contributed by atoms with E-state index in [1.165, 1.54) is 17.4 Å². The van der Waals surface area contributed by atoms with Crippen molar-refractivity contribution < 1.29 is 4.39 Å². The largest absolute Gasteiger partial charge is 0.375 e. The van der Waals surface area contributed by atoms with Gasteiger partial charge < -0.3 is 5.73 Å². The van der Waals surface area contributed by atoms with Gasteiger partial charge in [-0.15, -0.1) is 0 Å². The molecule has 0 spiro atoms. The van der Waals surface area contributed by atoms with Gasteiger partial charge in [-0.1, -0.05) is 11.3 Å². The number of hydrogen-bond donors (Lipinski definition) is 1. The lowest BCUT2D eigenvalue weighted by Crippen LogP contribution is -1.81. The van der Waals surface area contributed by atoms with Crippen LogP contribution in [0.5, 0.6) is 0 Å². The maximum Gasteiger partial charge on any atom is 0.181 e. The normalized spacial score (nSPS) is 10.8. The summed E-state index contributed by atoms with van der Waals surface area (Å²) in [6.07, 6.45) is 0. The maximum atomic E-state index is 13.0. The van der Waals surface area contributed by atoms with Crippen LogP contribution in [0.3, 0.4) is 0 Å². The van der Waals surface area contributed by atoms with Crippen LogP contribution < -0.4 is 5.73 Å². The van der Waals surface area contributed by atoms with Gasteiger partial charge in [-0.05, 0) is 24.6 Å². The van der Waals surface area contributed by atoms with Crippen LogP contribution in [0, 0.1) is 12.7 Å². The van der Waals surface area contributed by atoms with Gasteiger partial charge in [-0.2, -0.15) is 0 Å². The monoisotopic (exact) mass is 182 g/mol. The number of rotatable bonds is 0. The lowest BCUT2D eigenvalue weighted by Gasteiger charge is -1.93. The van der Waals surface area contributed by atoms with E-state index < -0.39 is 0 Å². The molecule has 4 heteroatoms. The topological polar surface area (TPSA) is 38.9 Å². The summed E-state index contributed by atoms with van der Waals surface area (Å²) in [5.74, 6) is -0.203. The van der Waals surface area contributed by atoms with E-state index in [9.17, 15) is 4.39 Å². The molecule has 0 atom stereocenters. The fourth-order valence-corrected chi connectivity index (χ4v) is 1.81. The van der Waals surface area contributed by atoms with Crippen molar-refractivity contribution in [3.05, 3.63) is 23.5 Å². The molecular weight excluding hydrogens is 175 g/mol. The Morgan fingerprint density at radius 2 is 2.25 bits per heavy atom. The summed E-state index contributed by atoms with van der Waals surface area (Å²) in [6.45, 7) is 1.71. The Labute approximate surface area is 72.8 Å². The van der Waals surface area contributed by atoms with E-state index >= 15 is 0 Å². The van der Waals surface area contributed by atoms with Gasteiger partial charge in [0.15, 0.2) is 5.13 Å². The number of anilines is 1. The second-order valence-corrected chi connectivity index (χ2v) is 3.68. The van der Waals surface area contributed by atoms with Gasteiger partial charge in [0.2, 0.25) is 0 Å². The van der Waals surface area contributed by atoms with Gasteiger partial charge in [0.05, 0.1) is 10.2 Å². The van der Waals surface area contributed by atoms with E-state index in [2.05, 4.69) is 4.98 Å². The van der Waals surface area contributed by atoms with Crippen molar-refractivity contribution in [2.45, 2.75) is 6.92 Å². The third-order valence-corrected chi connectivity index (χ3v) is 2.53. The minimum Gasteiger partial charge on any atom is -0.375 e. The molecule has 2 rings (SSSR count). The molecular formula is C8H7FN2S. The molecule has 0 aliphatic rings. The van der Waals surface area contributed by atoms with Crippen LogP contribution in [0.4, 0.5) is 9.52 Å². The number of fused-ring (bicyclic) bond motifs is 1. The van der Waals surface area contributed by atoms with Crippen molar-refractivity contribution in [1.29, 1.82) is 0 Å². The summed E-state index contributed by atoms with van der Waals surface area (Å²) in [5.41, 5.74) is 6.85. The molecule has 0 fully saturated rings. The molecule has 62 valence electrons. The van der Waals surface area contributed by atoms with Gasteiger partial charge in [0.25, 0.3) is 0 Å². The number of nitrogens with two attached hydrogens (primary N) is 1. The quantitative estimate of drug-likeness (QED) is 0.679. The highest BCUT2D eigenvalue weighted by molar-refractivity contribution is 7.22. The number of benzene rings is 1. The molecule has 12 heavy (non-hydrogen) atoms. The number of thiazole rings is 1. The van der Waals surface area contributed by atoms with Crippen LogP contribution in [0.1, 0.15) is 5.56 Å². The van der Waals surface area contributed by atoms with Crippen LogP contribution in [-0.4, -0.2) is 4.98 Å². The Morgan fingerprint density at radius 1 is 1.50 bits per heavy atom. The first-order valence-corrected chi connectivity index (χ1v) is 4.30. The molecule has 0 radical (unpaired) electrons. The molecule has 2 aromatic rings. The zero-order chi connectivity index (χ0) is 8.72. The SMILES string of the molecule is Cc1cc2nc(N)sc2cc1F. The number of aromatic nitrogens is 1. The Bertz CT molecular complexity index is 397. The van der Waals surface area contributed by atoms with Crippen LogP contribution in [-0.2, 0) is 0 Å². The Morgan fingerprint density at radius 3 is 3.00 bits per heavy atom. The van der Waals surface area contributed by atoms with Crippen molar-refractivity contribution in [3.8, 4) is 0 Å². The first-order chi connectivity index (χ1) is 5.66. The highest BCUT2D eigenvalue weighted by Gasteiger charge is 2.04. The zero-order valence-corrected chi connectivity index (χ0v) is 7.28. The van der Waals surface area contributed by atoms with Crippen LogP contribution in [0.2, 0.25) is 0 Å². The Kier molecular flexibility index (Phi) is 1.51. The smallest absolute Gasteiger partial charge is 0.181 e. The molecule has 0 bridgehead atoms. The third kappa shape index (κ3) is 1.04. The van der Waals surface area contributed by atoms with E-state index in [-0.39, 0.29) is 5.82 Å². The lowest BCUT2D eigenvalue weighted by atomic mass is 10.2. The number of nitrogens with zero attached hydrogens (tertiary/aromatic N) is 1. The van der Waals surface area contributed by atoms with Crippen molar-refractivity contribution >= 4 is 26.7 Å². The fraction of sp³-hybridized carbons (Fsp3) is 0.125. The molecule has 0 aliphatic heterocycles. The Balaban J connectivity index is 2.83. The first kappa shape index (κ1) is 7.49. The van der Waals surface area contributed by atoms with Crippen LogP contribution in [0.25, 0.3) is 10.2 Å². The molecule has 0 saturated heterocycles. The minimum atomic E-state index is -0.203. The van der Waals surface area contributed by atoms with E-state index in [1.54, 1.807) is 13.0 Å². The van der Waals surface area contributed by atoms with E-state index in [4.69, 9.17) is 5.73 Å². The molecule has 2 N–H and O–H groups in total. The summed E-state index contributed by atoms with van der Waals surface area (Å²) in [7, 11) is 0. The number of halogens is 1. The minimum absolute atomic E-state index is 0.203. The van der Waals surface area contributed by atoms with Gasteiger partial charge in [0.1, 0.15) is 5.82 Å². The van der Waals surface area contributed by atoms with Crippen LogP contribution >= 0.6 is 11.3 Å². The second kappa shape index (κ2) is 2.42. The first-order valence-electron chi connectivity index (χ1n) is 3.49. The average Bonchev–Trinajstić information content (AvgIpc) is 2.30. The van der Waals surface area contributed by atoms with Gasteiger partial charge in [0, 0.05) is 0 Å². The van der Waals surface area contributed by atoms with Crippen molar-refractivity contribution in [1.82, 2.24) is 4.98 Å². The second-order valence-electron chi connectivity index (χ2n) is 2.62. The number of aryl methyl sites for hydroxylation is 1. The van der Waals surface area contributed by atoms with Crippen LogP contribution in [0.15, 0.2) is 12.1 Å². The molecule has 0 aliphatic carbocycles.